The van der Waals surface area contributed by atoms with Gasteiger partial charge in [-0.25, -0.2) is 0 Å². The Morgan fingerprint density at radius 2 is 1.67 bits per heavy atom. The molecule has 0 amide bonds. The molecule has 0 saturated carbocycles. The number of hydrogen-bond donors (Lipinski definition) is 1. The largest absolute Gasteiger partial charge is 0.300 e. The number of rotatable bonds is 3. The first-order chi connectivity index (χ1) is 6.82. The third kappa shape index (κ3) is 3.21. The van der Waals surface area contributed by atoms with E-state index in [9.17, 15) is 4.79 Å². The van der Waals surface area contributed by atoms with Crippen molar-refractivity contribution in [2.75, 3.05) is 0 Å². The summed E-state index contributed by atoms with van der Waals surface area (Å²) < 4.78 is 0. The Labute approximate surface area is 98.3 Å². The van der Waals surface area contributed by atoms with Gasteiger partial charge in [0.05, 0.1) is 8.07 Å². The van der Waals surface area contributed by atoms with E-state index < -0.39 is 8.07 Å². The van der Waals surface area contributed by atoms with Crippen LogP contribution in [-0.2, 0) is 4.79 Å². The number of thiol groups is 1. The molecule has 0 aliphatic rings. The molecule has 1 aromatic rings. The number of hydrogen-bond acceptors (Lipinski definition) is 2. The average molecular weight is 238 g/mol. The second-order valence-electron chi connectivity index (χ2n) is 5.00. The summed E-state index contributed by atoms with van der Waals surface area (Å²) in [5.41, 5.74) is 1.24. The zero-order chi connectivity index (χ0) is 11.6. The van der Waals surface area contributed by atoms with Crippen molar-refractivity contribution in [1.29, 1.82) is 0 Å². The Balaban J connectivity index is 3.11. The summed E-state index contributed by atoms with van der Waals surface area (Å²) in [5.74, 6) is 0.279. The van der Waals surface area contributed by atoms with Gasteiger partial charge in [-0.1, -0.05) is 31.8 Å². The van der Waals surface area contributed by atoms with E-state index in [1.54, 1.807) is 6.92 Å². The molecule has 3 heteroatoms. The predicted octanol–water partition coefficient (Wildman–Crippen LogP) is 3.53. The Kier molecular flexibility index (Phi) is 3.79. The molecule has 82 valence electrons. The van der Waals surface area contributed by atoms with Gasteiger partial charge in [-0.05, 0) is 24.6 Å². The lowest BCUT2D eigenvalue weighted by Gasteiger charge is -2.27. The maximum Gasteiger partial charge on any atom is 0.134 e. The van der Waals surface area contributed by atoms with Gasteiger partial charge in [-0.15, -0.1) is 12.6 Å². The summed E-state index contributed by atoms with van der Waals surface area (Å²) in [4.78, 5) is 12.6. The van der Waals surface area contributed by atoms with Crippen LogP contribution in [0.4, 0.5) is 0 Å². The van der Waals surface area contributed by atoms with Crippen LogP contribution >= 0.6 is 12.6 Å². The van der Waals surface area contributed by atoms with Crippen LogP contribution in [0, 0.1) is 0 Å². The number of carbonyl (C=O) groups excluding carboxylic acids is 1. The lowest BCUT2D eigenvalue weighted by Crippen LogP contribution is -2.35. The minimum Gasteiger partial charge on any atom is -0.300 e. The molecule has 0 saturated heterocycles. The van der Waals surface area contributed by atoms with Crippen LogP contribution in [0.2, 0.25) is 19.6 Å². The molecule has 1 rings (SSSR count). The Bertz CT molecular complexity index is 351. The highest BCUT2D eigenvalue weighted by Gasteiger charge is 2.31. The van der Waals surface area contributed by atoms with Crippen molar-refractivity contribution in [3.8, 4) is 0 Å². The smallest absolute Gasteiger partial charge is 0.134 e. The third-order valence-corrected chi connectivity index (χ3v) is 5.27. The lowest BCUT2D eigenvalue weighted by atomic mass is 10.1. The number of carbonyl (C=O) groups is 1. The van der Waals surface area contributed by atoms with E-state index in [-0.39, 0.29) is 11.3 Å². The molecule has 0 fully saturated rings. The van der Waals surface area contributed by atoms with Crippen molar-refractivity contribution in [2.24, 2.45) is 0 Å². The zero-order valence-corrected chi connectivity index (χ0v) is 11.6. The van der Waals surface area contributed by atoms with Crippen LogP contribution < -0.4 is 0 Å². The first kappa shape index (κ1) is 12.5. The van der Waals surface area contributed by atoms with E-state index in [0.717, 1.165) is 10.5 Å². The number of ketones is 1. The van der Waals surface area contributed by atoms with E-state index in [0.29, 0.717) is 0 Å². The minimum atomic E-state index is -1.48. The van der Waals surface area contributed by atoms with Gasteiger partial charge in [0, 0.05) is 10.4 Å². The molecule has 1 nitrogen and oxygen atoms in total. The number of benzene rings is 1. The van der Waals surface area contributed by atoms with Crippen LogP contribution in [0.15, 0.2) is 29.2 Å². The second-order valence-corrected chi connectivity index (χ2v) is 10.8. The van der Waals surface area contributed by atoms with Gasteiger partial charge < -0.3 is 0 Å². The molecule has 0 heterocycles. The maximum atomic E-state index is 11.7. The molecular weight excluding hydrogens is 220 g/mol. The van der Waals surface area contributed by atoms with Crippen LogP contribution in [0.1, 0.15) is 18.0 Å². The van der Waals surface area contributed by atoms with Gasteiger partial charge in [0.1, 0.15) is 5.78 Å². The molecule has 1 atom stereocenters. The summed E-state index contributed by atoms with van der Waals surface area (Å²) in [6.07, 6.45) is 0. The zero-order valence-electron chi connectivity index (χ0n) is 9.74. The van der Waals surface area contributed by atoms with Gasteiger partial charge in [0.15, 0.2) is 0 Å². The van der Waals surface area contributed by atoms with Crippen molar-refractivity contribution in [3.63, 3.8) is 0 Å². The summed E-state index contributed by atoms with van der Waals surface area (Å²) in [5, 5.41) is 0. The number of Topliss-reactive ketones (excluding diaryl/α,β-unsaturated/α-hetero) is 1. The molecule has 0 aliphatic carbocycles. The van der Waals surface area contributed by atoms with Gasteiger partial charge >= 0.3 is 0 Å². The summed E-state index contributed by atoms with van der Waals surface area (Å²) >= 11 is 4.25. The second kappa shape index (κ2) is 4.54. The van der Waals surface area contributed by atoms with Gasteiger partial charge in [0.25, 0.3) is 0 Å². The highest BCUT2D eigenvalue weighted by Crippen LogP contribution is 2.28. The molecule has 0 radical (unpaired) electrons. The normalized spacial score (nSPS) is 13.7. The summed E-state index contributed by atoms with van der Waals surface area (Å²) in [7, 11) is -1.48. The molecule has 0 aromatic heterocycles. The molecule has 0 spiro atoms. The highest BCUT2D eigenvalue weighted by atomic mass is 32.1. The molecule has 1 unspecified atom stereocenters. The monoisotopic (exact) mass is 238 g/mol. The van der Waals surface area contributed by atoms with Crippen molar-refractivity contribution >= 4 is 26.5 Å². The van der Waals surface area contributed by atoms with E-state index in [2.05, 4.69) is 32.3 Å². The molecule has 0 N–H and O–H groups in total. The Morgan fingerprint density at radius 1 is 1.20 bits per heavy atom. The summed E-state index contributed by atoms with van der Waals surface area (Å²) in [6.45, 7) is 8.38. The molecule has 0 aliphatic heterocycles. The summed E-state index contributed by atoms with van der Waals surface area (Å²) in [6, 6.07) is 7.95. The molecular formula is C12H18OSSi. The molecule has 1 aromatic carbocycles. The first-order valence-corrected chi connectivity index (χ1v) is 9.14. The highest BCUT2D eigenvalue weighted by molar-refractivity contribution is 7.80. The average Bonchev–Trinajstić information content (AvgIpc) is 2.05. The fourth-order valence-corrected chi connectivity index (χ4v) is 4.57. The molecule has 15 heavy (non-hydrogen) atoms. The third-order valence-electron chi connectivity index (χ3n) is 2.50. The van der Waals surface area contributed by atoms with Crippen molar-refractivity contribution in [1.82, 2.24) is 0 Å². The maximum absolute atomic E-state index is 11.7. The fraction of sp³-hybridized carbons (Fsp3) is 0.417. The van der Waals surface area contributed by atoms with Gasteiger partial charge in [-0.3, -0.25) is 4.79 Å². The Hall–Kier alpha value is -0.543. The minimum absolute atomic E-state index is 0.103. The van der Waals surface area contributed by atoms with Crippen molar-refractivity contribution in [2.45, 2.75) is 37.0 Å². The van der Waals surface area contributed by atoms with Crippen LogP contribution in [0.3, 0.4) is 0 Å². The lowest BCUT2D eigenvalue weighted by molar-refractivity contribution is -0.116. The van der Waals surface area contributed by atoms with Crippen LogP contribution in [0.25, 0.3) is 0 Å². The predicted molar refractivity (Wildman–Crippen MR) is 70.5 cm³/mol. The SMILES string of the molecule is CC(=O)C(c1ccc(S)cc1)[Si](C)(C)C. The van der Waals surface area contributed by atoms with Crippen molar-refractivity contribution < 1.29 is 4.79 Å². The van der Waals surface area contributed by atoms with Crippen LogP contribution in [0.5, 0.6) is 0 Å². The van der Waals surface area contributed by atoms with Gasteiger partial charge in [0.2, 0.25) is 0 Å². The standard InChI is InChI=1S/C12H18OSSi/c1-9(13)12(15(2,3)4)10-5-7-11(14)8-6-10/h5-8,12,14H,1-4H3. The Morgan fingerprint density at radius 3 is 2.00 bits per heavy atom. The van der Waals surface area contributed by atoms with E-state index in [1.165, 1.54) is 0 Å². The quantitative estimate of drug-likeness (QED) is 0.630. The van der Waals surface area contributed by atoms with Crippen molar-refractivity contribution in [3.05, 3.63) is 29.8 Å². The van der Waals surface area contributed by atoms with E-state index in [4.69, 9.17) is 0 Å². The molecule has 0 bridgehead atoms. The van der Waals surface area contributed by atoms with Gasteiger partial charge in [-0.2, -0.15) is 0 Å². The fourth-order valence-electron chi connectivity index (χ4n) is 2.01. The topological polar surface area (TPSA) is 17.1 Å². The van der Waals surface area contributed by atoms with E-state index in [1.807, 2.05) is 24.3 Å². The van der Waals surface area contributed by atoms with E-state index >= 15 is 0 Å². The first-order valence-electron chi connectivity index (χ1n) is 5.12. The van der Waals surface area contributed by atoms with Crippen LogP contribution in [-0.4, -0.2) is 13.9 Å².